The van der Waals surface area contributed by atoms with E-state index in [0.29, 0.717) is 23.1 Å². The number of nitrogens with one attached hydrogen (secondary N) is 1. The number of esters is 1. The quantitative estimate of drug-likeness (QED) is 0.379. The van der Waals surface area contributed by atoms with Crippen LogP contribution in [0.5, 0.6) is 0 Å². The molecule has 33 heavy (non-hydrogen) atoms. The van der Waals surface area contributed by atoms with Crippen molar-refractivity contribution in [3.05, 3.63) is 57.5 Å². The van der Waals surface area contributed by atoms with E-state index < -0.39 is 0 Å². The van der Waals surface area contributed by atoms with Gasteiger partial charge in [0.25, 0.3) is 0 Å². The van der Waals surface area contributed by atoms with E-state index in [1.54, 1.807) is 13.0 Å². The average molecular weight is 468 g/mol. The van der Waals surface area contributed by atoms with Crippen molar-refractivity contribution in [1.82, 2.24) is 0 Å². The molecule has 1 unspecified atom stereocenters. The van der Waals surface area contributed by atoms with E-state index in [0.717, 1.165) is 30.4 Å². The van der Waals surface area contributed by atoms with Crippen molar-refractivity contribution in [2.45, 2.75) is 73.1 Å². The Labute approximate surface area is 202 Å². The van der Waals surface area contributed by atoms with Gasteiger partial charge in [0.2, 0.25) is 5.91 Å². The van der Waals surface area contributed by atoms with Crippen molar-refractivity contribution < 1.29 is 14.3 Å². The number of amides is 1. The van der Waals surface area contributed by atoms with E-state index in [-0.39, 0.29) is 22.7 Å². The molecule has 2 aromatic rings. The lowest BCUT2D eigenvalue weighted by molar-refractivity contribution is -0.111. The third-order valence-corrected chi connectivity index (χ3v) is 7.58. The third-order valence-electron chi connectivity index (χ3n) is 6.41. The standard InChI is InChI=1S/C28H37NO3S/c1-8-32-26(31)24-21-15-14-20(28(5,6)7)17-22(21)33-25(24)29-23(30)16-11-18-9-12-19(13-10-18)27(2,3)4/h9-13,16,20H,8,14-15,17H2,1-7H3,(H,29,30). The molecule has 1 aromatic heterocycles. The highest BCUT2D eigenvalue weighted by Gasteiger charge is 2.34. The Hall–Kier alpha value is -2.40. The number of rotatable bonds is 5. The van der Waals surface area contributed by atoms with Gasteiger partial charge in [-0.2, -0.15) is 0 Å². The largest absolute Gasteiger partial charge is 0.462 e. The lowest BCUT2D eigenvalue weighted by Gasteiger charge is -2.33. The summed E-state index contributed by atoms with van der Waals surface area (Å²) in [5, 5.41) is 3.56. The van der Waals surface area contributed by atoms with Crippen molar-refractivity contribution in [3.8, 4) is 0 Å². The Bertz CT molecular complexity index is 1030. The van der Waals surface area contributed by atoms with Crippen LogP contribution < -0.4 is 5.32 Å². The number of fused-ring (bicyclic) bond motifs is 1. The molecule has 0 saturated heterocycles. The highest BCUT2D eigenvalue weighted by atomic mass is 32.1. The second kappa shape index (κ2) is 9.84. The number of carbonyl (C=O) groups is 2. The topological polar surface area (TPSA) is 55.4 Å². The van der Waals surface area contributed by atoms with Crippen LogP contribution in [-0.4, -0.2) is 18.5 Å². The van der Waals surface area contributed by atoms with E-state index in [4.69, 9.17) is 4.74 Å². The van der Waals surface area contributed by atoms with Crippen molar-refractivity contribution in [2.75, 3.05) is 11.9 Å². The molecule has 1 N–H and O–H groups in total. The Balaban J connectivity index is 1.80. The van der Waals surface area contributed by atoms with Crippen LogP contribution >= 0.6 is 11.3 Å². The molecule has 0 radical (unpaired) electrons. The van der Waals surface area contributed by atoms with Crippen molar-refractivity contribution in [2.24, 2.45) is 11.3 Å². The molecule has 0 bridgehead atoms. The Morgan fingerprint density at radius 1 is 1.12 bits per heavy atom. The van der Waals surface area contributed by atoms with Gasteiger partial charge < -0.3 is 10.1 Å². The normalized spacial score (nSPS) is 16.5. The zero-order valence-electron chi connectivity index (χ0n) is 21.0. The van der Waals surface area contributed by atoms with Crippen LogP contribution in [0.4, 0.5) is 5.00 Å². The van der Waals surface area contributed by atoms with Crippen LogP contribution in [0, 0.1) is 11.3 Å². The fraction of sp³-hybridized carbons (Fsp3) is 0.500. The number of carbonyl (C=O) groups excluding carboxylic acids is 2. The van der Waals surface area contributed by atoms with Gasteiger partial charge in [-0.05, 0) is 65.7 Å². The molecular weight excluding hydrogens is 430 g/mol. The summed E-state index contributed by atoms with van der Waals surface area (Å²) in [7, 11) is 0. The van der Waals surface area contributed by atoms with E-state index >= 15 is 0 Å². The maximum Gasteiger partial charge on any atom is 0.341 e. The number of hydrogen-bond donors (Lipinski definition) is 1. The van der Waals surface area contributed by atoms with E-state index in [1.807, 2.05) is 12.1 Å². The van der Waals surface area contributed by atoms with Crippen LogP contribution in [0.2, 0.25) is 0 Å². The van der Waals surface area contributed by atoms with Crippen molar-refractivity contribution in [3.63, 3.8) is 0 Å². The molecule has 1 atom stereocenters. The van der Waals surface area contributed by atoms with Gasteiger partial charge in [-0.1, -0.05) is 65.8 Å². The Morgan fingerprint density at radius 2 is 1.79 bits per heavy atom. The molecule has 0 spiro atoms. The molecule has 1 heterocycles. The van der Waals surface area contributed by atoms with E-state index in [1.165, 1.54) is 27.9 Å². The van der Waals surface area contributed by atoms with Crippen LogP contribution in [0.3, 0.4) is 0 Å². The smallest absolute Gasteiger partial charge is 0.341 e. The van der Waals surface area contributed by atoms with Gasteiger partial charge in [0.1, 0.15) is 5.00 Å². The molecule has 1 aliphatic carbocycles. The van der Waals surface area contributed by atoms with Gasteiger partial charge in [0.05, 0.1) is 12.2 Å². The van der Waals surface area contributed by atoms with Gasteiger partial charge in [0, 0.05) is 11.0 Å². The first-order chi connectivity index (χ1) is 15.4. The third kappa shape index (κ3) is 6.14. The predicted octanol–water partition coefficient (Wildman–Crippen LogP) is 7.03. The molecule has 4 nitrogen and oxygen atoms in total. The molecule has 1 amide bonds. The fourth-order valence-corrected chi connectivity index (χ4v) is 5.57. The number of ether oxygens (including phenoxy) is 1. The molecule has 5 heteroatoms. The summed E-state index contributed by atoms with van der Waals surface area (Å²) in [6, 6.07) is 8.22. The summed E-state index contributed by atoms with van der Waals surface area (Å²) in [6.45, 7) is 15.5. The first-order valence-corrected chi connectivity index (χ1v) is 12.6. The molecular formula is C28H37NO3S. The highest BCUT2D eigenvalue weighted by molar-refractivity contribution is 7.17. The summed E-state index contributed by atoms with van der Waals surface area (Å²) < 4.78 is 5.34. The van der Waals surface area contributed by atoms with Gasteiger partial charge in [0.15, 0.2) is 0 Å². The van der Waals surface area contributed by atoms with Crippen LogP contribution in [-0.2, 0) is 27.8 Å². The number of benzene rings is 1. The first kappa shape index (κ1) is 25.2. The highest BCUT2D eigenvalue weighted by Crippen LogP contribution is 2.44. The van der Waals surface area contributed by atoms with Crippen LogP contribution in [0.25, 0.3) is 6.08 Å². The van der Waals surface area contributed by atoms with Crippen LogP contribution in [0.15, 0.2) is 30.3 Å². The minimum Gasteiger partial charge on any atom is -0.462 e. The van der Waals surface area contributed by atoms with Crippen molar-refractivity contribution in [1.29, 1.82) is 0 Å². The summed E-state index contributed by atoms with van der Waals surface area (Å²) >= 11 is 1.52. The lowest BCUT2D eigenvalue weighted by atomic mass is 9.72. The molecule has 1 aromatic carbocycles. The average Bonchev–Trinajstić information content (AvgIpc) is 3.08. The van der Waals surface area contributed by atoms with Crippen molar-refractivity contribution >= 4 is 34.3 Å². The SMILES string of the molecule is CCOC(=O)c1c(NC(=O)C=Cc2ccc(C(C)(C)C)cc2)sc2c1CCC(C(C)(C)C)C2. The van der Waals surface area contributed by atoms with E-state index in [9.17, 15) is 9.59 Å². The van der Waals surface area contributed by atoms with Gasteiger partial charge in [-0.15, -0.1) is 11.3 Å². The molecule has 178 valence electrons. The minimum atomic E-state index is -0.346. The summed E-state index contributed by atoms with van der Waals surface area (Å²) in [5.41, 5.74) is 4.10. The predicted molar refractivity (Wildman–Crippen MR) is 138 cm³/mol. The van der Waals surface area contributed by atoms with Crippen LogP contribution in [0.1, 0.15) is 86.8 Å². The fourth-order valence-electron chi connectivity index (χ4n) is 4.25. The Morgan fingerprint density at radius 3 is 2.36 bits per heavy atom. The van der Waals surface area contributed by atoms with E-state index in [2.05, 4.69) is 59.0 Å². The molecule has 0 saturated carbocycles. The van der Waals surface area contributed by atoms with Gasteiger partial charge in [-0.3, -0.25) is 4.79 Å². The monoisotopic (exact) mass is 467 g/mol. The number of hydrogen-bond acceptors (Lipinski definition) is 4. The summed E-state index contributed by atoms with van der Waals surface area (Å²) in [5.74, 6) is -0.0362. The van der Waals surface area contributed by atoms with Gasteiger partial charge in [-0.25, -0.2) is 4.79 Å². The Kier molecular flexibility index (Phi) is 7.52. The molecule has 3 rings (SSSR count). The van der Waals surface area contributed by atoms with Gasteiger partial charge >= 0.3 is 5.97 Å². The maximum absolute atomic E-state index is 12.8. The lowest BCUT2D eigenvalue weighted by Crippen LogP contribution is -2.26. The number of thiophene rings is 1. The zero-order chi connectivity index (χ0) is 24.4. The maximum atomic E-state index is 12.8. The zero-order valence-corrected chi connectivity index (χ0v) is 21.8. The number of anilines is 1. The summed E-state index contributed by atoms with van der Waals surface area (Å²) in [6.07, 6.45) is 6.14. The first-order valence-electron chi connectivity index (χ1n) is 11.8. The summed E-state index contributed by atoms with van der Waals surface area (Å²) in [4.78, 5) is 26.7. The minimum absolute atomic E-state index is 0.0907. The molecule has 1 aliphatic rings. The second-order valence-corrected chi connectivity index (χ2v) is 12.0. The molecule has 0 aliphatic heterocycles. The second-order valence-electron chi connectivity index (χ2n) is 10.9. The molecule has 0 fully saturated rings.